The molecule has 0 bridgehead atoms. The maximum atomic E-state index is 12.4. The minimum atomic E-state index is -4.21. The van der Waals surface area contributed by atoms with Crippen molar-refractivity contribution in [3.63, 3.8) is 0 Å². The number of aromatic nitrogens is 1. The monoisotopic (exact) mass is 234 g/mol. The standard InChI is InChI=1S/C9H6F4N2O/c10-8(11)9(12,13)5-16-7-2-1-6(3-14)4-15-7/h1-2,4,8H,5H2. The van der Waals surface area contributed by atoms with Gasteiger partial charge in [-0.1, -0.05) is 0 Å². The normalized spacial score (nSPS) is 11.2. The van der Waals surface area contributed by atoms with Gasteiger partial charge < -0.3 is 4.74 Å². The van der Waals surface area contributed by atoms with E-state index < -0.39 is 19.0 Å². The lowest BCUT2D eigenvalue weighted by atomic mass is 10.3. The Kier molecular flexibility index (Phi) is 3.66. The lowest BCUT2D eigenvalue weighted by molar-refractivity contribution is -0.148. The smallest absolute Gasteiger partial charge is 0.340 e. The SMILES string of the molecule is N#Cc1ccc(OCC(F)(F)C(F)F)nc1. The number of hydrogen-bond donors (Lipinski definition) is 0. The summed E-state index contributed by atoms with van der Waals surface area (Å²) in [6.45, 7) is -1.45. The molecule has 0 unspecified atom stereocenters. The third kappa shape index (κ3) is 3.08. The molecule has 0 amide bonds. The van der Waals surface area contributed by atoms with Crippen LogP contribution in [-0.2, 0) is 0 Å². The Balaban J connectivity index is 2.59. The zero-order valence-electron chi connectivity index (χ0n) is 7.83. The van der Waals surface area contributed by atoms with E-state index in [-0.39, 0.29) is 11.4 Å². The predicted octanol–water partition coefficient (Wildman–Crippen LogP) is 2.23. The molecule has 1 aromatic rings. The van der Waals surface area contributed by atoms with Gasteiger partial charge in [-0.3, -0.25) is 0 Å². The van der Waals surface area contributed by atoms with E-state index in [4.69, 9.17) is 5.26 Å². The molecule has 0 aliphatic heterocycles. The molecule has 0 atom stereocenters. The third-order valence-electron chi connectivity index (χ3n) is 1.60. The van der Waals surface area contributed by atoms with Gasteiger partial charge in [0, 0.05) is 12.3 Å². The Morgan fingerprint density at radius 1 is 1.44 bits per heavy atom. The summed E-state index contributed by atoms with van der Waals surface area (Å²) < 4.78 is 52.7. The highest BCUT2D eigenvalue weighted by Gasteiger charge is 2.41. The first kappa shape index (κ1) is 12.2. The summed E-state index contributed by atoms with van der Waals surface area (Å²) in [4.78, 5) is 3.49. The van der Waals surface area contributed by atoms with Crippen LogP contribution in [-0.4, -0.2) is 23.9 Å². The van der Waals surface area contributed by atoms with Gasteiger partial charge in [-0.05, 0) is 6.07 Å². The van der Waals surface area contributed by atoms with Gasteiger partial charge in [-0.25, -0.2) is 13.8 Å². The molecule has 16 heavy (non-hydrogen) atoms. The van der Waals surface area contributed by atoms with Gasteiger partial charge in [0.2, 0.25) is 5.88 Å². The Bertz CT molecular complexity index is 385. The molecule has 0 aliphatic rings. The van der Waals surface area contributed by atoms with Gasteiger partial charge in [0.1, 0.15) is 6.07 Å². The van der Waals surface area contributed by atoms with Gasteiger partial charge in [0.25, 0.3) is 0 Å². The molecule has 86 valence electrons. The molecule has 0 saturated heterocycles. The number of halogens is 4. The Morgan fingerprint density at radius 3 is 2.56 bits per heavy atom. The second-order valence-corrected chi connectivity index (χ2v) is 2.85. The first-order chi connectivity index (χ1) is 7.45. The lowest BCUT2D eigenvalue weighted by Gasteiger charge is -2.15. The fraction of sp³-hybridized carbons (Fsp3) is 0.333. The predicted molar refractivity (Wildman–Crippen MR) is 45.4 cm³/mol. The van der Waals surface area contributed by atoms with Crippen LogP contribution < -0.4 is 4.74 Å². The van der Waals surface area contributed by atoms with Crippen LogP contribution >= 0.6 is 0 Å². The zero-order chi connectivity index (χ0) is 12.2. The first-order valence-electron chi connectivity index (χ1n) is 4.10. The van der Waals surface area contributed by atoms with Crippen LogP contribution in [0, 0.1) is 11.3 Å². The van der Waals surface area contributed by atoms with Crippen molar-refractivity contribution in [3.8, 4) is 11.9 Å². The van der Waals surface area contributed by atoms with E-state index in [1.54, 1.807) is 6.07 Å². The summed E-state index contributed by atoms with van der Waals surface area (Å²) in [6, 6.07) is 4.19. The van der Waals surface area contributed by atoms with Crippen molar-refractivity contribution in [2.75, 3.05) is 6.61 Å². The zero-order valence-corrected chi connectivity index (χ0v) is 7.83. The van der Waals surface area contributed by atoms with E-state index in [1.165, 1.54) is 6.07 Å². The maximum absolute atomic E-state index is 12.4. The van der Waals surface area contributed by atoms with Gasteiger partial charge in [-0.15, -0.1) is 0 Å². The third-order valence-corrected chi connectivity index (χ3v) is 1.60. The summed E-state index contributed by atoms with van der Waals surface area (Å²) in [7, 11) is 0. The number of hydrogen-bond acceptors (Lipinski definition) is 3. The maximum Gasteiger partial charge on any atom is 0.340 e. The van der Waals surface area contributed by atoms with E-state index in [9.17, 15) is 17.6 Å². The fourth-order valence-electron chi connectivity index (χ4n) is 0.765. The quantitative estimate of drug-likeness (QED) is 0.750. The second kappa shape index (κ2) is 4.79. The molecule has 1 aromatic heterocycles. The fourth-order valence-corrected chi connectivity index (χ4v) is 0.765. The van der Waals surface area contributed by atoms with Crippen LogP contribution in [0.4, 0.5) is 17.6 Å². The molecule has 0 spiro atoms. The molecule has 0 aromatic carbocycles. The van der Waals surface area contributed by atoms with Gasteiger partial charge in [0.15, 0.2) is 6.61 Å². The number of alkyl halides is 4. The van der Waals surface area contributed by atoms with E-state index in [2.05, 4.69) is 9.72 Å². The Hall–Kier alpha value is -1.84. The van der Waals surface area contributed by atoms with Crippen molar-refractivity contribution in [2.45, 2.75) is 12.3 Å². The van der Waals surface area contributed by atoms with Crippen LogP contribution in [0.3, 0.4) is 0 Å². The van der Waals surface area contributed by atoms with Crippen molar-refractivity contribution in [3.05, 3.63) is 23.9 Å². The Morgan fingerprint density at radius 2 is 2.12 bits per heavy atom. The molecule has 0 radical (unpaired) electrons. The number of ether oxygens (including phenoxy) is 1. The summed E-state index contributed by atoms with van der Waals surface area (Å²) in [6.07, 6.45) is -2.69. The van der Waals surface area contributed by atoms with Gasteiger partial charge in [0.05, 0.1) is 5.56 Å². The van der Waals surface area contributed by atoms with E-state index in [1.807, 2.05) is 0 Å². The molecule has 0 saturated carbocycles. The largest absolute Gasteiger partial charge is 0.471 e. The van der Waals surface area contributed by atoms with Crippen molar-refractivity contribution >= 4 is 0 Å². The molecule has 3 nitrogen and oxygen atoms in total. The molecule has 1 rings (SSSR count). The minimum Gasteiger partial charge on any atom is -0.471 e. The number of rotatable bonds is 4. The molecular formula is C9H6F4N2O. The number of pyridine rings is 1. The topological polar surface area (TPSA) is 45.9 Å². The molecule has 7 heteroatoms. The number of nitriles is 1. The molecule has 1 heterocycles. The summed E-state index contributed by atoms with van der Waals surface area (Å²) in [5, 5.41) is 8.41. The molecule has 0 N–H and O–H groups in total. The minimum absolute atomic E-state index is 0.216. The Labute approximate surface area is 88.3 Å². The highest BCUT2D eigenvalue weighted by Crippen LogP contribution is 2.23. The summed E-state index contributed by atoms with van der Waals surface area (Å²) in [5.74, 6) is -4.45. The average molecular weight is 234 g/mol. The first-order valence-corrected chi connectivity index (χ1v) is 4.10. The van der Waals surface area contributed by atoms with Crippen LogP contribution in [0.15, 0.2) is 18.3 Å². The second-order valence-electron chi connectivity index (χ2n) is 2.85. The van der Waals surface area contributed by atoms with Crippen molar-refractivity contribution in [1.82, 2.24) is 4.98 Å². The summed E-state index contributed by atoms with van der Waals surface area (Å²) >= 11 is 0. The van der Waals surface area contributed by atoms with Crippen LogP contribution in [0.25, 0.3) is 0 Å². The highest BCUT2D eigenvalue weighted by molar-refractivity contribution is 5.28. The van der Waals surface area contributed by atoms with Crippen LogP contribution in [0.1, 0.15) is 5.56 Å². The van der Waals surface area contributed by atoms with Crippen LogP contribution in [0.2, 0.25) is 0 Å². The van der Waals surface area contributed by atoms with E-state index in [0.717, 1.165) is 12.3 Å². The highest BCUT2D eigenvalue weighted by atomic mass is 19.3. The molecule has 0 aliphatic carbocycles. The molecule has 0 fully saturated rings. The van der Waals surface area contributed by atoms with Crippen molar-refractivity contribution < 1.29 is 22.3 Å². The van der Waals surface area contributed by atoms with E-state index in [0.29, 0.717) is 0 Å². The average Bonchev–Trinajstić information content (AvgIpc) is 2.27. The van der Waals surface area contributed by atoms with Gasteiger partial charge in [-0.2, -0.15) is 14.0 Å². The van der Waals surface area contributed by atoms with E-state index >= 15 is 0 Å². The van der Waals surface area contributed by atoms with Crippen molar-refractivity contribution in [1.29, 1.82) is 5.26 Å². The van der Waals surface area contributed by atoms with Crippen molar-refractivity contribution in [2.24, 2.45) is 0 Å². The molecular weight excluding hydrogens is 228 g/mol. The lowest BCUT2D eigenvalue weighted by Crippen LogP contribution is -2.33. The van der Waals surface area contributed by atoms with Crippen LogP contribution in [0.5, 0.6) is 5.88 Å². The summed E-state index contributed by atoms with van der Waals surface area (Å²) in [5.41, 5.74) is 0.216. The van der Waals surface area contributed by atoms with Gasteiger partial charge >= 0.3 is 12.3 Å². The number of nitrogens with zero attached hydrogens (tertiary/aromatic N) is 2.